The summed E-state index contributed by atoms with van der Waals surface area (Å²) in [5, 5.41) is -0.274. The van der Waals surface area contributed by atoms with Crippen molar-refractivity contribution in [1.29, 1.82) is 0 Å². The van der Waals surface area contributed by atoms with Crippen molar-refractivity contribution in [1.82, 2.24) is 4.90 Å². The fourth-order valence-corrected chi connectivity index (χ4v) is 4.62. The summed E-state index contributed by atoms with van der Waals surface area (Å²) in [7, 11) is 0. The zero-order chi connectivity index (χ0) is 24.6. The number of benzene rings is 3. The van der Waals surface area contributed by atoms with E-state index in [1.807, 2.05) is 79.7 Å². The van der Waals surface area contributed by atoms with Gasteiger partial charge in [-0.2, -0.15) is 0 Å². The van der Waals surface area contributed by atoms with Gasteiger partial charge in [0.1, 0.15) is 6.61 Å². The van der Waals surface area contributed by atoms with Crippen molar-refractivity contribution in [2.24, 2.45) is 0 Å². The van der Waals surface area contributed by atoms with Gasteiger partial charge >= 0.3 is 0 Å². The second kappa shape index (κ2) is 11.6. The molecule has 0 atom stereocenters. The molecule has 0 aromatic heterocycles. The summed E-state index contributed by atoms with van der Waals surface area (Å²) < 4.78 is 12.1. The molecule has 1 aliphatic rings. The molecule has 0 bridgehead atoms. The standard InChI is InChI=1S/C29H27NO4S/c1-3-11-24-16-23(17-25(33-4-2)27(24)34-20-22-14-9-6-10-15-22)18-26-28(31)30(29(32)35-26)19-21-12-7-5-8-13-21/h3,5-10,12-18H,1,4,11,19-20H2,2H3/b26-18-. The molecule has 5 nitrogen and oxygen atoms in total. The van der Waals surface area contributed by atoms with Crippen LogP contribution in [0.25, 0.3) is 6.08 Å². The highest BCUT2D eigenvalue weighted by Crippen LogP contribution is 2.38. The zero-order valence-corrected chi connectivity index (χ0v) is 20.4. The van der Waals surface area contributed by atoms with Crippen LogP contribution in [0.2, 0.25) is 0 Å². The van der Waals surface area contributed by atoms with E-state index < -0.39 is 0 Å². The van der Waals surface area contributed by atoms with E-state index in [4.69, 9.17) is 9.47 Å². The Labute approximate surface area is 210 Å². The number of carbonyl (C=O) groups excluding carboxylic acids is 2. The third kappa shape index (κ3) is 6.03. The summed E-state index contributed by atoms with van der Waals surface area (Å²) in [4.78, 5) is 27.2. The molecule has 3 aromatic carbocycles. The minimum atomic E-state index is -0.295. The number of thioether (sulfide) groups is 1. The van der Waals surface area contributed by atoms with Gasteiger partial charge in [-0.25, -0.2) is 0 Å². The molecule has 0 aliphatic carbocycles. The third-order valence-corrected chi connectivity index (χ3v) is 6.31. The van der Waals surface area contributed by atoms with Crippen LogP contribution in [0.1, 0.15) is 29.2 Å². The predicted molar refractivity (Wildman–Crippen MR) is 140 cm³/mol. The summed E-state index contributed by atoms with van der Waals surface area (Å²) in [6, 6.07) is 23.2. The van der Waals surface area contributed by atoms with Crippen molar-refractivity contribution in [3.8, 4) is 11.5 Å². The quantitative estimate of drug-likeness (QED) is 0.238. The summed E-state index contributed by atoms with van der Waals surface area (Å²) in [5.74, 6) is 0.957. The molecular weight excluding hydrogens is 458 g/mol. The molecule has 1 saturated heterocycles. The molecule has 6 heteroatoms. The highest BCUT2D eigenvalue weighted by Gasteiger charge is 2.35. The van der Waals surface area contributed by atoms with Crippen LogP contribution in [-0.2, 0) is 24.4 Å². The topological polar surface area (TPSA) is 55.8 Å². The van der Waals surface area contributed by atoms with Crippen LogP contribution in [-0.4, -0.2) is 22.7 Å². The van der Waals surface area contributed by atoms with E-state index in [-0.39, 0.29) is 17.7 Å². The van der Waals surface area contributed by atoms with Crippen LogP contribution >= 0.6 is 11.8 Å². The van der Waals surface area contributed by atoms with Gasteiger partial charge in [-0.1, -0.05) is 66.7 Å². The molecule has 1 fully saturated rings. The van der Waals surface area contributed by atoms with Crippen molar-refractivity contribution >= 4 is 29.0 Å². The molecule has 0 radical (unpaired) electrons. The van der Waals surface area contributed by atoms with E-state index in [0.29, 0.717) is 36.0 Å². The molecule has 35 heavy (non-hydrogen) atoms. The van der Waals surface area contributed by atoms with Gasteiger partial charge < -0.3 is 9.47 Å². The normalized spacial score (nSPS) is 14.4. The Morgan fingerprint density at radius 3 is 2.29 bits per heavy atom. The molecule has 2 amide bonds. The van der Waals surface area contributed by atoms with Crippen LogP contribution in [0.4, 0.5) is 4.79 Å². The van der Waals surface area contributed by atoms with Crippen molar-refractivity contribution in [2.75, 3.05) is 6.61 Å². The van der Waals surface area contributed by atoms with E-state index >= 15 is 0 Å². The molecule has 0 N–H and O–H groups in total. The van der Waals surface area contributed by atoms with Crippen molar-refractivity contribution < 1.29 is 19.1 Å². The maximum absolute atomic E-state index is 13.0. The SMILES string of the molecule is C=CCc1cc(/C=C2\SC(=O)N(Cc3ccccc3)C2=O)cc(OCC)c1OCc1ccccc1. The number of nitrogens with zero attached hydrogens (tertiary/aromatic N) is 1. The number of hydrogen-bond acceptors (Lipinski definition) is 5. The summed E-state index contributed by atoms with van der Waals surface area (Å²) >= 11 is 0.952. The second-order valence-corrected chi connectivity index (χ2v) is 8.95. The van der Waals surface area contributed by atoms with Gasteiger partial charge in [0, 0.05) is 5.56 Å². The van der Waals surface area contributed by atoms with Crippen LogP contribution < -0.4 is 9.47 Å². The lowest BCUT2D eigenvalue weighted by Gasteiger charge is -2.17. The van der Waals surface area contributed by atoms with E-state index in [1.54, 1.807) is 12.2 Å². The highest BCUT2D eigenvalue weighted by molar-refractivity contribution is 8.18. The van der Waals surface area contributed by atoms with E-state index in [9.17, 15) is 9.59 Å². The minimum Gasteiger partial charge on any atom is -0.490 e. The first-order chi connectivity index (χ1) is 17.1. The highest BCUT2D eigenvalue weighted by atomic mass is 32.2. The summed E-state index contributed by atoms with van der Waals surface area (Å²) in [6.07, 6.45) is 4.12. The van der Waals surface area contributed by atoms with Crippen molar-refractivity contribution in [2.45, 2.75) is 26.5 Å². The van der Waals surface area contributed by atoms with Crippen LogP contribution in [0.15, 0.2) is 90.4 Å². The number of rotatable bonds is 10. The number of hydrogen-bond donors (Lipinski definition) is 0. The Morgan fingerprint density at radius 2 is 1.63 bits per heavy atom. The van der Waals surface area contributed by atoms with Crippen LogP contribution in [0.3, 0.4) is 0 Å². The van der Waals surface area contributed by atoms with Gasteiger partial charge in [0.15, 0.2) is 11.5 Å². The average Bonchev–Trinajstić information content (AvgIpc) is 3.12. The fraction of sp³-hybridized carbons (Fsp3) is 0.172. The van der Waals surface area contributed by atoms with Crippen molar-refractivity contribution in [3.05, 3.63) is 113 Å². The largest absolute Gasteiger partial charge is 0.490 e. The average molecular weight is 486 g/mol. The summed E-state index contributed by atoms with van der Waals surface area (Å²) in [5.41, 5.74) is 3.62. The van der Waals surface area contributed by atoms with Gasteiger partial charge in [-0.3, -0.25) is 14.5 Å². The lowest BCUT2D eigenvalue weighted by molar-refractivity contribution is -0.123. The molecule has 0 unspecified atom stereocenters. The first-order valence-electron chi connectivity index (χ1n) is 11.5. The van der Waals surface area contributed by atoms with Crippen molar-refractivity contribution in [3.63, 3.8) is 0 Å². The monoisotopic (exact) mass is 485 g/mol. The smallest absolute Gasteiger partial charge is 0.293 e. The van der Waals surface area contributed by atoms with Gasteiger partial charge in [0.05, 0.1) is 18.1 Å². The predicted octanol–water partition coefficient (Wildman–Crippen LogP) is 6.63. The molecule has 178 valence electrons. The second-order valence-electron chi connectivity index (χ2n) is 7.96. The lowest BCUT2D eigenvalue weighted by atomic mass is 10.0. The maximum Gasteiger partial charge on any atom is 0.293 e. The van der Waals surface area contributed by atoms with Gasteiger partial charge in [-0.15, -0.1) is 6.58 Å². The minimum absolute atomic E-state index is 0.251. The number of amides is 2. The lowest BCUT2D eigenvalue weighted by Crippen LogP contribution is -2.27. The maximum atomic E-state index is 13.0. The fourth-order valence-electron chi connectivity index (χ4n) is 3.78. The molecule has 4 rings (SSSR count). The molecule has 1 aliphatic heterocycles. The van der Waals surface area contributed by atoms with Gasteiger partial charge in [0.2, 0.25) is 0 Å². The van der Waals surface area contributed by atoms with Crippen LogP contribution in [0, 0.1) is 0 Å². The third-order valence-electron chi connectivity index (χ3n) is 5.40. The number of allylic oxidation sites excluding steroid dienone is 1. The zero-order valence-electron chi connectivity index (χ0n) is 19.6. The van der Waals surface area contributed by atoms with Gasteiger partial charge in [0.25, 0.3) is 11.1 Å². The van der Waals surface area contributed by atoms with Gasteiger partial charge in [-0.05, 0) is 60.0 Å². The molecule has 1 heterocycles. The van der Waals surface area contributed by atoms with E-state index in [2.05, 4.69) is 6.58 Å². The van der Waals surface area contributed by atoms with Crippen LogP contribution in [0.5, 0.6) is 11.5 Å². The molecular formula is C29H27NO4S. The van der Waals surface area contributed by atoms with E-state index in [1.165, 1.54) is 4.90 Å². The summed E-state index contributed by atoms with van der Waals surface area (Å²) in [6.45, 7) is 6.91. The Balaban J connectivity index is 1.62. The Morgan fingerprint density at radius 1 is 0.943 bits per heavy atom. The first kappa shape index (κ1) is 24.4. The van der Waals surface area contributed by atoms with E-state index in [0.717, 1.165) is 34.0 Å². The Hall–Kier alpha value is -3.77. The molecule has 3 aromatic rings. The molecule has 0 spiro atoms. The number of ether oxygens (including phenoxy) is 2. The Kier molecular flexibility index (Phi) is 8.06. The number of imide groups is 1. The first-order valence-corrected chi connectivity index (χ1v) is 12.3. The number of carbonyl (C=O) groups is 2. The molecule has 0 saturated carbocycles. The Bertz CT molecular complexity index is 1240.